The molecule has 0 saturated carbocycles. The number of nitrogens with zero attached hydrogens (tertiary/aromatic N) is 6. The van der Waals surface area contributed by atoms with Crippen molar-refractivity contribution in [1.29, 1.82) is 0 Å². The van der Waals surface area contributed by atoms with E-state index in [4.69, 9.17) is 4.74 Å². The number of hydrogen-bond donors (Lipinski definition) is 1. The molecule has 0 bridgehead atoms. The van der Waals surface area contributed by atoms with E-state index in [1.807, 2.05) is 13.2 Å². The van der Waals surface area contributed by atoms with Gasteiger partial charge in [0.05, 0.1) is 30.4 Å². The van der Waals surface area contributed by atoms with Crippen LogP contribution in [0.2, 0.25) is 0 Å². The third-order valence-corrected chi connectivity index (χ3v) is 3.32. The fraction of sp³-hybridized carbons (Fsp3) is 0.267. The van der Waals surface area contributed by atoms with Crippen LogP contribution in [0.3, 0.4) is 0 Å². The Morgan fingerprint density at radius 1 is 1.33 bits per heavy atom. The molecule has 0 radical (unpaired) electrons. The molecule has 3 aromatic heterocycles. The average Bonchev–Trinajstić information content (AvgIpc) is 3.14. The first-order valence-corrected chi connectivity index (χ1v) is 7.39. The van der Waals surface area contributed by atoms with Gasteiger partial charge < -0.3 is 10.1 Å². The minimum atomic E-state index is -0.399. The van der Waals surface area contributed by atoms with Crippen LogP contribution in [-0.4, -0.2) is 42.1 Å². The Bertz CT molecular complexity index is 868. The first-order chi connectivity index (χ1) is 11.6. The number of rotatable bonds is 5. The number of ether oxygens (including phenoxy) is 1. The van der Waals surface area contributed by atoms with Gasteiger partial charge >= 0.3 is 5.97 Å². The van der Waals surface area contributed by atoms with E-state index in [-0.39, 0.29) is 0 Å². The molecule has 0 spiro atoms. The molecule has 0 saturated heterocycles. The van der Waals surface area contributed by atoms with Gasteiger partial charge in [0.15, 0.2) is 5.82 Å². The lowest BCUT2D eigenvalue weighted by Gasteiger charge is -2.07. The van der Waals surface area contributed by atoms with Crippen LogP contribution in [0.4, 0.5) is 11.6 Å². The number of hydrogen-bond acceptors (Lipinski definition) is 7. The van der Waals surface area contributed by atoms with Crippen molar-refractivity contribution in [3.8, 4) is 5.82 Å². The van der Waals surface area contributed by atoms with Gasteiger partial charge in [-0.05, 0) is 13.8 Å². The number of nitrogens with one attached hydrogen (secondary N) is 1. The summed E-state index contributed by atoms with van der Waals surface area (Å²) in [4.78, 5) is 20.5. The predicted octanol–water partition coefficient (Wildman–Crippen LogP) is 1.62. The highest BCUT2D eigenvalue weighted by molar-refractivity contribution is 5.90. The molecule has 0 aliphatic heterocycles. The molecule has 0 atom stereocenters. The Labute approximate surface area is 138 Å². The standard InChI is InChI=1S/C15H17N7O2/c1-4-24-14(23)12-8-18-22(10(12)2)13-5-6-16-15(20-13)19-11-7-17-21(3)9-11/h5-9H,4H2,1-3H3,(H,16,19,20). The van der Waals surface area contributed by atoms with Gasteiger partial charge in [0.1, 0.15) is 5.56 Å². The minimum absolute atomic E-state index is 0.316. The second-order valence-corrected chi connectivity index (χ2v) is 5.04. The minimum Gasteiger partial charge on any atom is -0.462 e. The van der Waals surface area contributed by atoms with Crippen LogP contribution in [0.15, 0.2) is 30.9 Å². The molecule has 3 rings (SSSR count). The van der Waals surface area contributed by atoms with E-state index < -0.39 is 5.97 Å². The Balaban J connectivity index is 1.87. The fourth-order valence-corrected chi connectivity index (χ4v) is 2.19. The normalized spacial score (nSPS) is 10.6. The zero-order chi connectivity index (χ0) is 17.1. The maximum atomic E-state index is 11.9. The molecule has 3 aromatic rings. The Kier molecular flexibility index (Phi) is 4.23. The largest absolute Gasteiger partial charge is 0.462 e. The smallest absolute Gasteiger partial charge is 0.341 e. The molecule has 1 N–H and O–H groups in total. The van der Waals surface area contributed by atoms with E-state index in [2.05, 4.69) is 25.5 Å². The number of aryl methyl sites for hydroxylation is 1. The summed E-state index contributed by atoms with van der Waals surface area (Å²) in [7, 11) is 1.83. The molecular weight excluding hydrogens is 310 g/mol. The first-order valence-electron chi connectivity index (χ1n) is 7.39. The zero-order valence-electron chi connectivity index (χ0n) is 13.6. The summed E-state index contributed by atoms with van der Waals surface area (Å²) >= 11 is 0. The average molecular weight is 327 g/mol. The molecule has 0 unspecified atom stereocenters. The van der Waals surface area contributed by atoms with Crippen molar-refractivity contribution in [3.63, 3.8) is 0 Å². The molecule has 9 nitrogen and oxygen atoms in total. The molecule has 124 valence electrons. The van der Waals surface area contributed by atoms with Crippen LogP contribution in [-0.2, 0) is 11.8 Å². The van der Waals surface area contributed by atoms with Gasteiger partial charge in [0.2, 0.25) is 5.95 Å². The van der Waals surface area contributed by atoms with E-state index in [9.17, 15) is 4.79 Å². The topological polar surface area (TPSA) is 99.7 Å². The summed E-state index contributed by atoms with van der Waals surface area (Å²) < 4.78 is 8.26. The van der Waals surface area contributed by atoms with Gasteiger partial charge in [-0.2, -0.15) is 15.2 Å². The van der Waals surface area contributed by atoms with Crippen molar-refractivity contribution >= 4 is 17.6 Å². The van der Waals surface area contributed by atoms with Crippen LogP contribution >= 0.6 is 0 Å². The molecule has 0 aromatic carbocycles. The molecule has 9 heteroatoms. The quantitative estimate of drug-likeness (QED) is 0.711. The van der Waals surface area contributed by atoms with E-state index >= 15 is 0 Å². The van der Waals surface area contributed by atoms with Crippen molar-refractivity contribution in [2.75, 3.05) is 11.9 Å². The van der Waals surface area contributed by atoms with Crippen LogP contribution in [0, 0.1) is 6.92 Å². The van der Waals surface area contributed by atoms with Crippen molar-refractivity contribution < 1.29 is 9.53 Å². The van der Waals surface area contributed by atoms with Crippen molar-refractivity contribution in [2.24, 2.45) is 7.05 Å². The molecule has 0 amide bonds. The van der Waals surface area contributed by atoms with Crippen LogP contribution < -0.4 is 5.32 Å². The highest BCUT2D eigenvalue weighted by atomic mass is 16.5. The number of carbonyl (C=O) groups is 1. The van der Waals surface area contributed by atoms with E-state index in [0.29, 0.717) is 29.6 Å². The van der Waals surface area contributed by atoms with E-state index in [0.717, 1.165) is 5.69 Å². The number of aromatic nitrogens is 6. The van der Waals surface area contributed by atoms with Gasteiger partial charge in [-0.25, -0.2) is 14.5 Å². The van der Waals surface area contributed by atoms with Gasteiger partial charge in [0.25, 0.3) is 0 Å². The molecule has 0 fully saturated rings. The third kappa shape index (κ3) is 3.09. The zero-order valence-corrected chi connectivity index (χ0v) is 13.6. The predicted molar refractivity (Wildman–Crippen MR) is 86.3 cm³/mol. The summed E-state index contributed by atoms with van der Waals surface area (Å²) in [6.07, 6.45) is 6.58. The van der Waals surface area contributed by atoms with Crippen LogP contribution in [0.25, 0.3) is 5.82 Å². The maximum Gasteiger partial charge on any atom is 0.341 e. The number of carbonyl (C=O) groups excluding carboxylic acids is 1. The van der Waals surface area contributed by atoms with E-state index in [1.54, 1.807) is 41.7 Å². The third-order valence-electron chi connectivity index (χ3n) is 3.32. The lowest BCUT2D eigenvalue weighted by Crippen LogP contribution is -2.08. The highest BCUT2D eigenvalue weighted by Crippen LogP contribution is 2.16. The molecule has 0 aliphatic rings. The van der Waals surface area contributed by atoms with E-state index in [1.165, 1.54) is 6.20 Å². The fourth-order valence-electron chi connectivity index (χ4n) is 2.19. The lowest BCUT2D eigenvalue weighted by molar-refractivity contribution is 0.0525. The second-order valence-electron chi connectivity index (χ2n) is 5.04. The van der Waals surface area contributed by atoms with Crippen molar-refractivity contribution in [1.82, 2.24) is 29.5 Å². The number of esters is 1. The Morgan fingerprint density at radius 2 is 2.17 bits per heavy atom. The Hall–Kier alpha value is -3.23. The monoisotopic (exact) mass is 327 g/mol. The summed E-state index contributed by atoms with van der Waals surface area (Å²) in [6.45, 7) is 3.87. The van der Waals surface area contributed by atoms with Crippen molar-refractivity contribution in [3.05, 3.63) is 42.1 Å². The van der Waals surface area contributed by atoms with Gasteiger partial charge in [-0.3, -0.25) is 4.68 Å². The van der Waals surface area contributed by atoms with Crippen LogP contribution in [0.1, 0.15) is 23.0 Å². The molecule has 3 heterocycles. The summed E-state index contributed by atoms with van der Waals surface area (Å²) in [6, 6.07) is 1.71. The second kappa shape index (κ2) is 6.49. The maximum absolute atomic E-state index is 11.9. The molecular formula is C15H17N7O2. The van der Waals surface area contributed by atoms with Gasteiger partial charge in [0, 0.05) is 25.5 Å². The Morgan fingerprint density at radius 3 is 2.88 bits per heavy atom. The van der Waals surface area contributed by atoms with Crippen molar-refractivity contribution in [2.45, 2.75) is 13.8 Å². The highest BCUT2D eigenvalue weighted by Gasteiger charge is 2.17. The summed E-state index contributed by atoms with van der Waals surface area (Å²) in [5.41, 5.74) is 1.84. The first kappa shape index (κ1) is 15.7. The van der Waals surface area contributed by atoms with Gasteiger partial charge in [-0.1, -0.05) is 0 Å². The summed E-state index contributed by atoms with van der Waals surface area (Å²) in [5, 5.41) is 11.4. The van der Waals surface area contributed by atoms with Gasteiger partial charge in [-0.15, -0.1) is 0 Å². The number of anilines is 2. The SMILES string of the molecule is CCOC(=O)c1cnn(-c2ccnc(Nc3cnn(C)c3)n2)c1C. The van der Waals surface area contributed by atoms with Crippen LogP contribution in [0.5, 0.6) is 0 Å². The summed E-state index contributed by atoms with van der Waals surface area (Å²) in [5.74, 6) is 0.557. The lowest BCUT2D eigenvalue weighted by atomic mass is 10.2. The molecule has 24 heavy (non-hydrogen) atoms. The molecule has 0 aliphatic carbocycles.